The van der Waals surface area contributed by atoms with Crippen molar-refractivity contribution in [2.75, 3.05) is 27.2 Å². The first-order valence-corrected chi connectivity index (χ1v) is 37.0. The van der Waals surface area contributed by atoms with Gasteiger partial charge in [0.05, 0.1) is 36.6 Å². The number of likely N-dealkylation sites (tertiary alicyclic amines) is 2. The number of rotatable bonds is 16. The molecule has 8 amide bonds. The third-order valence-corrected chi connectivity index (χ3v) is 21.7. The molecule has 8 aromatic rings. The number of carboxylic acid groups (broad SMARTS) is 2. The molecular weight excluding hydrogens is 1400 g/mol. The Kier molecular flexibility index (Phi) is 24.5. The third-order valence-electron chi connectivity index (χ3n) is 19.7. The second-order valence-electron chi connectivity index (χ2n) is 27.8. The summed E-state index contributed by atoms with van der Waals surface area (Å²) < 4.78 is 17.2. The summed E-state index contributed by atoms with van der Waals surface area (Å²) in [6, 6.07) is 15.0. The van der Waals surface area contributed by atoms with Gasteiger partial charge in [-0.05, 0) is 120 Å². The number of carbonyl (C=O) groups excluding carboxylic acids is 8. The lowest BCUT2D eigenvalue weighted by Crippen LogP contribution is -2.59. The number of aliphatic carboxylic acids is 2. The monoisotopic (exact) mass is 1490 g/mol. The molecule has 0 spiro atoms. The highest BCUT2D eigenvalue weighted by atomic mass is 32.1. The second-order valence-corrected chi connectivity index (χ2v) is 29.6. The van der Waals surface area contributed by atoms with Gasteiger partial charge < -0.3 is 72.0 Å². The van der Waals surface area contributed by atoms with Crippen LogP contribution in [-0.4, -0.2) is 197 Å². The summed E-state index contributed by atoms with van der Waals surface area (Å²) in [4.78, 5) is 146. The Hall–Kier alpha value is -10.7. The summed E-state index contributed by atoms with van der Waals surface area (Å²) in [5, 5.41) is 67.1. The first-order valence-electron chi connectivity index (χ1n) is 35.2. The van der Waals surface area contributed by atoms with Crippen LogP contribution in [0, 0.1) is 11.8 Å². The number of likely N-dealkylation sites (N-methyl/N-ethyl adjacent to an activating group) is 2. The van der Waals surface area contributed by atoms with Gasteiger partial charge in [-0.3, -0.25) is 38.4 Å². The van der Waals surface area contributed by atoms with Crippen molar-refractivity contribution < 1.29 is 67.6 Å². The normalized spacial score (nSPS) is 21.9. The molecule has 6 aliphatic heterocycles. The molecule has 6 aliphatic rings. The predicted molar refractivity (Wildman–Crippen MR) is 392 cm³/mol. The van der Waals surface area contributed by atoms with Crippen LogP contribution in [0.15, 0.2) is 120 Å². The number of amides is 8. The lowest BCUT2D eigenvalue weighted by atomic mass is 10.0. The van der Waals surface area contributed by atoms with E-state index in [4.69, 9.17) is 9.47 Å². The van der Waals surface area contributed by atoms with Crippen LogP contribution < -0.4 is 52.0 Å². The van der Waals surface area contributed by atoms with Gasteiger partial charge in [0.2, 0.25) is 47.3 Å². The molecule has 2 saturated heterocycles. The van der Waals surface area contributed by atoms with E-state index in [1.165, 1.54) is 41.8 Å². The summed E-state index contributed by atoms with van der Waals surface area (Å²) in [5.74, 6) is -7.99. The quantitative estimate of drug-likeness (QED) is 0.0660. The number of fused-ring (bicyclic) bond motifs is 2. The molecule has 0 aliphatic carbocycles. The summed E-state index contributed by atoms with van der Waals surface area (Å²) in [6.07, 6.45) is 2.65. The predicted octanol–water partition coefficient (Wildman–Crippen LogP) is 3.63. The van der Waals surface area contributed by atoms with Gasteiger partial charge in [-0.2, -0.15) is 0 Å². The Balaban J connectivity index is 0.911. The SMILES string of the molecule is CNC(C)C(=O)NC(C(=O)N1CC2CC1C(=O)NC(Cc1csc3ccccc13)C(=O)NC(C(=O)O)Cc1ccc(cc1)OCc1cn(nn1)C1CC(C(=O)NC(Cc3csc4ccccc34)C(=O)NC(C(=O)O)Cc3ccc(cc3)OCc3cn2nn3)N(C(=O)C(NC(=O)C(C)NC)C(C)C)C1)C(C)C. The van der Waals surface area contributed by atoms with Crippen molar-refractivity contribution in [1.29, 1.82) is 0 Å². The van der Waals surface area contributed by atoms with Crippen molar-refractivity contribution in [1.82, 2.24) is 82.3 Å². The fourth-order valence-electron chi connectivity index (χ4n) is 13.3. The minimum atomic E-state index is -1.50. The highest BCUT2D eigenvalue weighted by molar-refractivity contribution is 7.17. The smallest absolute Gasteiger partial charge is 0.326 e. The number of nitrogens with one attached hydrogen (secondary N) is 8. The van der Waals surface area contributed by atoms with Gasteiger partial charge in [0, 0.05) is 61.0 Å². The molecular formula is C74H88N16O14S2. The molecule has 560 valence electrons. The van der Waals surface area contributed by atoms with Crippen LogP contribution >= 0.6 is 22.7 Å². The average Bonchev–Trinajstić information content (AvgIpc) is 1.64. The molecule has 12 bridgehead atoms. The molecule has 4 aromatic carbocycles. The topological polar surface area (TPSA) is 394 Å². The van der Waals surface area contributed by atoms with Gasteiger partial charge in [0.1, 0.15) is 84.4 Å². The highest BCUT2D eigenvalue weighted by Gasteiger charge is 2.47. The number of benzene rings is 4. The lowest BCUT2D eigenvalue weighted by molar-refractivity contribution is -0.144. The molecule has 2 fully saturated rings. The standard InChI is InChI=1S/C74H88N16O14S2/c1-39(2)63(81-65(91)41(5)75-7)71(97)87-33-49-29-59(87)69(95)77-55(27-45-37-105-61-15-11-9-13-53(45)61)67(93)79-57(73(99)100)25-43-19-23-52(24-20-43)104-36-48-32-90(86-84-48)50-30-60(88(34-50)72(98)64(40(3)4)82-66(92)42(6)76-8)70(96)78-56(28-46-38-106-62-16-12-10-14-54(46)62)68(94)80-58(74(101)102)26-44-17-21-51(22-18-44)103-35-47-31-89(49)85-83-47/h9-24,31-32,37-42,49-50,55-60,63-64,75-76H,25-30,33-36H2,1-8H3,(H,77,95)(H,78,96)(H,79,93)(H,80,94)(H,81,91)(H,82,92)(H,99,100)(H,101,102). The number of nitrogens with zero attached hydrogens (tertiary/aromatic N) is 8. The van der Waals surface area contributed by atoms with Crippen LogP contribution in [0.2, 0.25) is 0 Å². The van der Waals surface area contributed by atoms with E-state index in [0.29, 0.717) is 45.1 Å². The van der Waals surface area contributed by atoms with Crippen LogP contribution in [0.25, 0.3) is 20.2 Å². The van der Waals surface area contributed by atoms with Crippen LogP contribution in [0.5, 0.6) is 11.5 Å². The van der Waals surface area contributed by atoms with Crippen LogP contribution in [0.1, 0.15) is 100 Å². The molecule has 12 atom stereocenters. The van der Waals surface area contributed by atoms with Gasteiger partial charge in [0.25, 0.3) is 0 Å². The lowest BCUT2D eigenvalue weighted by Gasteiger charge is -2.31. The molecule has 10 heterocycles. The van der Waals surface area contributed by atoms with Crippen molar-refractivity contribution in [3.8, 4) is 11.5 Å². The highest BCUT2D eigenvalue weighted by Crippen LogP contribution is 2.34. The molecule has 4 aromatic heterocycles. The van der Waals surface area contributed by atoms with Gasteiger partial charge in [0.15, 0.2) is 0 Å². The zero-order chi connectivity index (χ0) is 75.6. The second kappa shape index (κ2) is 34.0. The van der Waals surface area contributed by atoms with E-state index < -0.39 is 144 Å². The van der Waals surface area contributed by atoms with Crippen LogP contribution in [0.4, 0.5) is 0 Å². The van der Waals surface area contributed by atoms with E-state index in [1.54, 1.807) is 117 Å². The Bertz CT molecular complexity index is 4240. The summed E-state index contributed by atoms with van der Waals surface area (Å²) >= 11 is 2.87. The Morgan fingerprint density at radius 3 is 1.26 bits per heavy atom. The molecule has 12 unspecified atom stereocenters. The minimum Gasteiger partial charge on any atom is -0.487 e. The number of hydrogen-bond acceptors (Lipinski definition) is 20. The van der Waals surface area contributed by atoms with Crippen molar-refractivity contribution in [2.45, 2.75) is 166 Å². The largest absolute Gasteiger partial charge is 0.487 e. The van der Waals surface area contributed by atoms with Crippen molar-refractivity contribution in [3.05, 3.63) is 154 Å². The average molecular weight is 1490 g/mol. The maximum Gasteiger partial charge on any atom is 0.326 e. The Morgan fingerprint density at radius 1 is 0.528 bits per heavy atom. The van der Waals surface area contributed by atoms with E-state index in [0.717, 1.165) is 20.2 Å². The number of aromatic nitrogens is 6. The first kappa shape index (κ1) is 76.4. The van der Waals surface area contributed by atoms with E-state index in [1.807, 2.05) is 59.3 Å². The molecule has 10 N–H and O–H groups in total. The van der Waals surface area contributed by atoms with E-state index in [9.17, 15) is 48.6 Å². The zero-order valence-corrected chi connectivity index (χ0v) is 61.5. The molecule has 32 heteroatoms. The van der Waals surface area contributed by atoms with Crippen molar-refractivity contribution in [3.63, 3.8) is 0 Å². The third kappa shape index (κ3) is 18.1. The fourth-order valence-corrected chi connectivity index (χ4v) is 15.2. The maximum absolute atomic E-state index is 15.2. The van der Waals surface area contributed by atoms with Gasteiger partial charge in [-0.25, -0.2) is 19.0 Å². The summed E-state index contributed by atoms with van der Waals surface area (Å²) in [5.41, 5.74) is 3.11. The zero-order valence-electron chi connectivity index (χ0n) is 59.9. The number of ether oxygens (including phenoxy) is 2. The number of carbonyl (C=O) groups is 10. The molecule has 0 radical (unpaired) electrons. The van der Waals surface area contributed by atoms with E-state index in [2.05, 4.69) is 63.2 Å². The molecule has 30 nitrogen and oxygen atoms in total. The summed E-state index contributed by atoms with van der Waals surface area (Å²) in [6.45, 7) is 9.96. The fraction of sp³-hybridized carbons (Fsp3) is 0.432. The van der Waals surface area contributed by atoms with Crippen molar-refractivity contribution >= 4 is 102 Å². The van der Waals surface area contributed by atoms with Gasteiger partial charge in [-0.15, -0.1) is 32.9 Å². The maximum atomic E-state index is 15.2. The van der Waals surface area contributed by atoms with Crippen LogP contribution in [0.3, 0.4) is 0 Å². The molecule has 106 heavy (non-hydrogen) atoms. The molecule has 14 rings (SSSR count). The van der Waals surface area contributed by atoms with Gasteiger partial charge in [-0.1, -0.05) is 98.8 Å². The Labute approximate surface area is 619 Å². The Morgan fingerprint density at radius 2 is 0.906 bits per heavy atom. The number of thiophene rings is 2. The number of carboxylic acids is 2. The molecule has 0 saturated carbocycles. The number of hydrogen-bond donors (Lipinski definition) is 10. The first-order chi connectivity index (χ1) is 50.8. The van der Waals surface area contributed by atoms with E-state index in [-0.39, 0.29) is 64.8 Å². The summed E-state index contributed by atoms with van der Waals surface area (Å²) in [7, 11) is 3.22. The van der Waals surface area contributed by atoms with Crippen LogP contribution in [-0.2, 0) is 86.8 Å². The van der Waals surface area contributed by atoms with Gasteiger partial charge >= 0.3 is 11.9 Å². The van der Waals surface area contributed by atoms with E-state index >= 15 is 9.59 Å². The minimum absolute atomic E-state index is 0.0262. The van der Waals surface area contributed by atoms with Crippen molar-refractivity contribution in [2.24, 2.45) is 11.8 Å².